The minimum absolute atomic E-state index is 0.114. The summed E-state index contributed by atoms with van der Waals surface area (Å²) in [6, 6.07) is 11.1. The second-order valence-electron chi connectivity index (χ2n) is 5.97. The highest BCUT2D eigenvalue weighted by Gasteiger charge is 2.15. The van der Waals surface area contributed by atoms with E-state index in [9.17, 15) is 0 Å². The first-order chi connectivity index (χ1) is 12.5. The number of nitrogen functional groups attached to an aromatic ring is 1. The number of anilines is 1. The molecule has 136 valence electrons. The molecule has 0 aliphatic rings. The van der Waals surface area contributed by atoms with E-state index in [4.69, 9.17) is 45.3 Å². The number of aryl methyl sites for hydroxylation is 1. The standard InChI is InChI=1S/C19H18Cl3N3O/c20-14-4-1-13(2-5-14)3-6-15(11-25-8-7-24-12-25)26-19-10-16(21)18(23)9-17(19)22/h1-2,4-5,7-10,12,15H,3,6,11,23H2. The quantitative estimate of drug-likeness (QED) is 0.523. The van der Waals surface area contributed by atoms with E-state index >= 15 is 0 Å². The maximum atomic E-state index is 6.26. The summed E-state index contributed by atoms with van der Waals surface area (Å²) in [6.45, 7) is 0.645. The number of nitrogens with two attached hydrogens (primary N) is 1. The van der Waals surface area contributed by atoms with Crippen LogP contribution in [0.4, 0.5) is 5.69 Å². The Labute approximate surface area is 167 Å². The Morgan fingerprint density at radius 2 is 1.85 bits per heavy atom. The second kappa shape index (κ2) is 8.67. The van der Waals surface area contributed by atoms with Crippen molar-refractivity contribution >= 4 is 40.5 Å². The molecule has 4 nitrogen and oxygen atoms in total. The lowest BCUT2D eigenvalue weighted by molar-refractivity contribution is 0.170. The van der Waals surface area contributed by atoms with E-state index in [-0.39, 0.29) is 6.10 Å². The third-order valence-corrected chi connectivity index (χ3v) is 4.86. The van der Waals surface area contributed by atoms with E-state index in [1.807, 2.05) is 35.0 Å². The van der Waals surface area contributed by atoms with E-state index in [1.165, 1.54) is 5.56 Å². The van der Waals surface area contributed by atoms with Gasteiger partial charge in [0.25, 0.3) is 0 Å². The average molecular weight is 411 g/mol. The van der Waals surface area contributed by atoms with Crippen LogP contribution in [0.15, 0.2) is 55.1 Å². The SMILES string of the molecule is Nc1cc(Cl)c(OC(CCc2ccc(Cl)cc2)Cn2ccnc2)cc1Cl. The summed E-state index contributed by atoms with van der Waals surface area (Å²) in [4.78, 5) is 4.08. The van der Waals surface area contributed by atoms with Gasteiger partial charge in [-0.25, -0.2) is 4.98 Å². The third-order valence-electron chi connectivity index (χ3n) is 3.99. The van der Waals surface area contributed by atoms with Crippen LogP contribution in [-0.2, 0) is 13.0 Å². The summed E-state index contributed by atoms with van der Waals surface area (Å²) in [5.41, 5.74) is 7.40. The van der Waals surface area contributed by atoms with E-state index in [1.54, 1.807) is 24.7 Å². The molecule has 0 saturated heterocycles. The Bertz CT molecular complexity index is 851. The number of nitrogens with zero attached hydrogens (tertiary/aromatic N) is 2. The van der Waals surface area contributed by atoms with Crippen molar-refractivity contribution in [2.45, 2.75) is 25.5 Å². The van der Waals surface area contributed by atoms with Crippen LogP contribution in [0, 0.1) is 0 Å². The van der Waals surface area contributed by atoms with Crippen LogP contribution in [0.5, 0.6) is 5.75 Å². The van der Waals surface area contributed by atoms with Gasteiger partial charge in [-0.3, -0.25) is 0 Å². The molecule has 7 heteroatoms. The van der Waals surface area contributed by atoms with Crippen molar-refractivity contribution in [2.24, 2.45) is 0 Å². The summed E-state index contributed by atoms with van der Waals surface area (Å²) < 4.78 is 8.12. The highest BCUT2D eigenvalue weighted by atomic mass is 35.5. The van der Waals surface area contributed by atoms with Crippen LogP contribution in [0.3, 0.4) is 0 Å². The fourth-order valence-electron chi connectivity index (χ4n) is 2.61. The highest BCUT2D eigenvalue weighted by Crippen LogP contribution is 2.33. The molecule has 2 aromatic carbocycles. The molecule has 0 aliphatic carbocycles. The van der Waals surface area contributed by atoms with Crippen molar-refractivity contribution in [1.29, 1.82) is 0 Å². The topological polar surface area (TPSA) is 53.1 Å². The van der Waals surface area contributed by atoms with Gasteiger partial charge in [0.2, 0.25) is 0 Å². The van der Waals surface area contributed by atoms with Crippen molar-refractivity contribution in [2.75, 3.05) is 5.73 Å². The summed E-state index contributed by atoms with van der Waals surface area (Å²) in [5, 5.41) is 1.58. The van der Waals surface area contributed by atoms with Gasteiger partial charge in [0, 0.05) is 23.5 Å². The first-order valence-electron chi connectivity index (χ1n) is 8.12. The van der Waals surface area contributed by atoms with Crippen LogP contribution in [0.25, 0.3) is 0 Å². The molecule has 2 N–H and O–H groups in total. The maximum absolute atomic E-state index is 6.26. The molecule has 3 rings (SSSR count). The molecular formula is C19H18Cl3N3O. The fraction of sp³-hybridized carbons (Fsp3) is 0.211. The Morgan fingerprint density at radius 3 is 2.54 bits per heavy atom. The molecule has 0 radical (unpaired) electrons. The smallest absolute Gasteiger partial charge is 0.140 e. The van der Waals surface area contributed by atoms with Gasteiger partial charge in [0.15, 0.2) is 0 Å². The van der Waals surface area contributed by atoms with E-state index in [2.05, 4.69) is 4.98 Å². The number of imidazole rings is 1. The predicted octanol–water partition coefficient (Wildman–Crippen LogP) is 5.51. The summed E-state index contributed by atoms with van der Waals surface area (Å²) in [6.07, 6.45) is 6.92. The van der Waals surface area contributed by atoms with Crippen molar-refractivity contribution in [3.05, 3.63) is 75.8 Å². The number of ether oxygens (including phenoxy) is 1. The van der Waals surface area contributed by atoms with Crippen molar-refractivity contribution < 1.29 is 4.74 Å². The van der Waals surface area contributed by atoms with Gasteiger partial charge in [-0.05, 0) is 36.6 Å². The van der Waals surface area contributed by atoms with Gasteiger partial charge in [0.1, 0.15) is 11.9 Å². The lowest BCUT2D eigenvalue weighted by Gasteiger charge is -2.21. The number of aromatic nitrogens is 2. The molecule has 1 aromatic heterocycles. The number of hydrogen-bond donors (Lipinski definition) is 1. The highest BCUT2D eigenvalue weighted by molar-refractivity contribution is 6.36. The van der Waals surface area contributed by atoms with Crippen LogP contribution in [0.1, 0.15) is 12.0 Å². The average Bonchev–Trinajstić information content (AvgIpc) is 3.12. The molecule has 0 saturated carbocycles. The van der Waals surface area contributed by atoms with Crippen molar-refractivity contribution in [3.63, 3.8) is 0 Å². The first-order valence-corrected chi connectivity index (χ1v) is 9.26. The van der Waals surface area contributed by atoms with Gasteiger partial charge < -0.3 is 15.0 Å². The zero-order valence-corrected chi connectivity index (χ0v) is 16.2. The van der Waals surface area contributed by atoms with Crippen LogP contribution < -0.4 is 10.5 Å². The summed E-state index contributed by atoms with van der Waals surface area (Å²) in [7, 11) is 0. The molecule has 0 amide bonds. The number of hydrogen-bond acceptors (Lipinski definition) is 3. The molecule has 0 spiro atoms. The number of halogens is 3. The molecule has 3 aromatic rings. The van der Waals surface area contributed by atoms with Crippen molar-refractivity contribution in [3.8, 4) is 5.75 Å². The lowest BCUT2D eigenvalue weighted by atomic mass is 10.1. The minimum Gasteiger partial charge on any atom is -0.487 e. The third kappa shape index (κ3) is 5.07. The van der Waals surface area contributed by atoms with Gasteiger partial charge in [-0.15, -0.1) is 0 Å². The summed E-state index contributed by atoms with van der Waals surface area (Å²) in [5.74, 6) is 0.520. The molecule has 1 heterocycles. The maximum Gasteiger partial charge on any atom is 0.140 e. The Morgan fingerprint density at radius 1 is 1.08 bits per heavy atom. The molecule has 0 bridgehead atoms. The lowest BCUT2D eigenvalue weighted by Crippen LogP contribution is -2.23. The van der Waals surface area contributed by atoms with Gasteiger partial charge in [-0.2, -0.15) is 0 Å². The van der Waals surface area contributed by atoms with E-state index < -0.39 is 0 Å². The van der Waals surface area contributed by atoms with Gasteiger partial charge >= 0.3 is 0 Å². The number of benzene rings is 2. The predicted molar refractivity (Wildman–Crippen MR) is 107 cm³/mol. The fourth-order valence-corrected chi connectivity index (χ4v) is 3.11. The first kappa shape index (κ1) is 18.9. The van der Waals surface area contributed by atoms with Crippen LogP contribution in [0.2, 0.25) is 15.1 Å². The minimum atomic E-state index is -0.114. The van der Waals surface area contributed by atoms with Crippen LogP contribution in [-0.4, -0.2) is 15.7 Å². The molecule has 1 atom stereocenters. The second-order valence-corrected chi connectivity index (χ2v) is 7.22. The van der Waals surface area contributed by atoms with Crippen molar-refractivity contribution in [1.82, 2.24) is 9.55 Å². The summed E-state index contributed by atoms with van der Waals surface area (Å²) >= 11 is 18.3. The van der Waals surface area contributed by atoms with E-state index in [0.717, 1.165) is 17.9 Å². The van der Waals surface area contributed by atoms with Gasteiger partial charge in [0.05, 0.1) is 28.6 Å². The zero-order chi connectivity index (χ0) is 18.5. The Kier molecular flexibility index (Phi) is 6.30. The molecule has 0 fully saturated rings. The van der Waals surface area contributed by atoms with Gasteiger partial charge in [-0.1, -0.05) is 46.9 Å². The largest absolute Gasteiger partial charge is 0.487 e. The normalized spacial score (nSPS) is 12.1. The molecule has 0 aliphatic heterocycles. The number of rotatable bonds is 7. The molecule has 26 heavy (non-hydrogen) atoms. The van der Waals surface area contributed by atoms with E-state index in [0.29, 0.717) is 28.0 Å². The molecule has 1 unspecified atom stereocenters. The zero-order valence-electron chi connectivity index (χ0n) is 13.9. The Hall–Kier alpha value is -1.88. The van der Waals surface area contributed by atoms with Crippen LogP contribution >= 0.6 is 34.8 Å². The molecular weight excluding hydrogens is 393 g/mol. The monoisotopic (exact) mass is 409 g/mol. The Balaban J connectivity index is 1.74.